The standard InChI is InChI=1S/C27H28N8O3S/c1-16-12-19(14-20(13-16)33-39(4,37)38)22-24(28)29-15-30-25(22)31-18(3)26-32-34-11-10-17(2)23(34)27(36)35(26)21-8-6-5-7-9-21/h5-15,18,33H,1-4H3,(H3,28,29,30,31)/t18-/m0/s1. The number of hydrogen-bond acceptors (Lipinski definition) is 8. The molecule has 0 saturated carbocycles. The van der Waals surface area contributed by atoms with Crippen molar-refractivity contribution < 1.29 is 8.42 Å². The van der Waals surface area contributed by atoms with Gasteiger partial charge in [-0.3, -0.25) is 14.1 Å². The minimum absolute atomic E-state index is 0.194. The fourth-order valence-corrected chi connectivity index (χ4v) is 5.15. The zero-order valence-corrected chi connectivity index (χ0v) is 22.7. The van der Waals surface area contributed by atoms with Gasteiger partial charge >= 0.3 is 0 Å². The van der Waals surface area contributed by atoms with Crippen LogP contribution in [0, 0.1) is 13.8 Å². The molecule has 12 heteroatoms. The molecule has 1 atom stereocenters. The van der Waals surface area contributed by atoms with Crippen LogP contribution in [0.1, 0.15) is 29.9 Å². The third-order valence-corrected chi connectivity index (χ3v) is 6.82. The van der Waals surface area contributed by atoms with Gasteiger partial charge in [0.2, 0.25) is 10.0 Å². The summed E-state index contributed by atoms with van der Waals surface area (Å²) in [6.45, 7) is 5.60. The molecule has 39 heavy (non-hydrogen) atoms. The molecule has 0 saturated heterocycles. The van der Waals surface area contributed by atoms with Gasteiger partial charge in [0.15, 0.2) is 5.82 Å². The Morgan fingerprint density at radius 1 is 1.03 bits per heavy atom. The van der Waals surface area contributed by atoms with Crippen molar-refractivity contribution in [3.05, 3.63) is 94.4 Å². The summed E-state index contributed by atoms with van der Waals surface area (Å²) in [6.07, 6.45) is 4.19. The second kappa shape index (κ2) is 9.87. The highest BCUT2D eigenvalue weighted by Gasteiger charge is 2.22. The Bertz CT molecular complexity index is 1860. The first-order valence-electron chi connectivity index (χ1n) is 12.1. The predicted molar refractivity (Wildman–Crippen MR) is 153 cm³/mol. The topological polar surface area (TPSA) is 149 Å². The minimum Gasteiger partial charge on any atom is -0.383 e. The summed E-state index contributed by atoms with van der Waals surface area (Å²) in [4.78, 5) is 22.3. The number of nitrogens with two attached hydrogens (primary N) is 1. The van der Waals surface area contributed by atoms with Crippen molar-refractivity contribution in [2.24, 2.45) is 0 Å². The van der Waals surface area contributed by atoms with E-state index in [2.05, 4.69) is 20.0 Å². The lowest BCUT2D eigenvalue weighted by atomic mass is 10.0. The van der Waals surface area contributed by atoms with Crippen molar-refractivity contribution in [2.75, 3.05) is 22.0 Å². The molecule has 3 aromatic heterocycles. The molecule has 4 N–H and O–H groups in total. The maximum absolute atomic E-state index is 13.7. The molecule has 0 bridgehead atoms. The highest BCUT2D eigenvalue weighted by atomic mass is 32.2. The Balaban J connectivity index is 1.63. The maximum Gasteiger partial charge on any atom is 0.282 e. The van der Waals surface area contributed by atoms with Crippen LogP contribution in [0.4, 0.5) is 17.3 Å². The van der Waals surface area contributed by atoms with E-state index in [1.54, 1.807) is 27.4 Å². The van der Waals surface area contributed by atoms with Gasteiger partial charge in [0.1, 0.15) is 23.5 Å². The number of benzene rings is 2. The van der Waals surface area contributed by atoms with Crippen LogP contribution in [0.5, 0.6) is 0 Å². The summed E-state index contributed by atoms with van der Waals surface area (Å²) in [7, 11) is -3.49. The Morgan fingerprint density at radius 2 is 1.77 bits per heavy atom. The Labute approximate surface area is 225 Å². The van der Waals surface area contributed by atoms with Crippen LogP contribution in [0.15, 0.2) is 71.9 Å². The number of sulfonamides is 1. The van der Waals surface area contributed by atoms with Gasteiger partial charge in [-0.25, -0.2) is 22.9 Å². The number of aromatic nitrogens is 5. The third kappa shape index (κ3) is 5.18. The fraction of sp³-hybridized carbons (Fsp3) is 0.185. The van der Waals surface area contributed by atoms with Crippen LogP contribution >= 0.6 is 0 Å². The normalized spacial score (nSPS) is 12.4. The molecule has 0 radical (unpaired) electrons. The van der Waals surface area contributed by atoms with E-state index in [0.29, 0.717) is 39.7 Å². The molecule has 0 spiro atoms. The van der Waals surface area contributed by atoms with Gasteiger partial charge in [-0.2, -0.15) is 5.10 Å². The molecule has 11 nitrogen and oxygen atoms in total. The first-order chi connectivity index (χ1) is 18.5. The van der Waals surface area contributed by atoms with E-state index in [1.807, 2.05) is 63.2 Å². The molecule has 0 aliphatic heterocycles. The van der Waals surface area contributed by atoms with Gasteiger partial charge in [-0.05, 0) is 67.8 Å². The zero-order valence-electron chi connectivity index (χ0n) is 21.9. The van der Waals surface area contributed by atoms with E-state index < -0.39 is 16.1 Å². The first kappa shape index (κ1) is 25.9. The molecule has 0 unspecified atom stereocenters. The van der Waals surface area contributed by atoms with Crippen LogP contribution < -0.4 is 21.3 Å². The monoisotopic (exact) mass is 544 g/mol. The number of nitrogens with one attached hydrogen (secondary N) is 2. The number of nitrogens with zero attached hydrogens (tertiary/aromatic N) is 5. The number of rotatable bonds is 7. The van der Waals surface area contributed by atoms with Gasteiger partial charge in [0.05, 0.1) is 23.5 Å². The largest absolute Gasteiger partial charge is 0.383 e. The highest BCUT2D eigenvalue weighted by Crippen LogP contribution is 2.35. The van der Waals surface area contributed by atoms with E-state index in [0.717, 1.165) is 17.4 Å². The van der Waals surface area contributed by atoms with E-state index in [-0.39, 0.29) is 11.4 Å². The Morgan fingerprint density at radius 3 is 2.49 bits per heavy atom. The van der Waals surface area contributed by atoms with Crippen LogP contribution in [-0.4, -0.2) is 38.8 Å². The van der Waals surface area contributed by atoms with Crippen molar-refractivity contribution >= 4 is 32.9 Å². The Kier molecular flexibility index (Phi) is 6.56. The van der Waals surface area contributed by atoms with E-state index in [9.17, 15) is 13.2 Å². The van der Waals surface area contributed by atoms with Crippen molar-refractivity contribution in [1.29, 1.82) is 0 Å². The second-order valence-corrected chi connectivity index (χ2v) is 11.2. The first-order valence-corrected chi connectivity index (χ1v) is 14.0. The summed E-state index contributed by atoms with van der Waals surface area (Å²) in [5.41, 5.74) is 10.4. The third-order valence-electron chi connectivity index (χ3n) is 6.21. The van der Waals surface area contributed by atoms with Crippen LogP contribution in [0.2, 0.25) is 0 Å². The van der Waals surface area contributed by atoms with Crippen molar-refractivity contribution in [3.63, 3.8) is 0 Å². The zero-order chi connectivity index (χ0) is 27.9. The molecule has 0 fully saturated rings. The van der Waals surface area contributed by atoms with E-state index >= 15 is 0 Å². The summed E-state index contributed by atoms with van der Waals surface area (Å²) in [5, 5.41) is 8.15. The summed E-state index contributed by atoms with van der Waals surface area (Å²) in [5.74, 6) is 1.07. The van der Waals surface area contributed by atoms with Crippen molar-refractivity contribution in [2.45, 2.75) is 26.8 Å². The molecular weight excluding hydrogens is 516 g/mol. The van der Waals surface area contributed by atoms with Gasteiger partial charge in [0, 0.05) is 11.9 Å². The van der Waals surface area contributed by atoms with E-state index in [1.165, 1.54) is 6.33 Å². The number of aryl methyl sites for hydroxylation is 2. The van der Waals surface area contributed by atoms with Gasteiger partial charge < -0.3 is 11.1 Å². The molecule has 200 valence electrons. The molecule has 5 aromatic rings. The lowest BCUT2D eigenvalue weighted by Gasteiger charge is -2.21. The number of para-hydroxylation sites is 1. The quantitative estimate of drug-likeness (QED) is 0.281. The fourth-order valence-electron chi connectivity index (χ4n) is 4.60. The smallest absolute Gasteiger partial charge is 0.282 e. The number of nitrogen functional groups attached to an aromatic ring is 1. The predicted octanol–water partition coefficient (Wildman–Crippen LogP) is 3.69. The van der Waals surface area contributed by atoms with Crippen LogP contribution in [-0.2, 0) is 10.0 Å². The molecule has 5 rings (SSSR count). The van der Waals surface area contributed by atoms with Gasteiger partial charge in [0.25, 0.3) is 5.56 Å². The lowest BCUT2D eigenvalue weighted by molar-refractivity contribution is 0.607. The summed E-state index contributed by atoms with van der Waals surface area (Å²) in [6, 6.07) is 15.9. The average Bonchev–Trinajstić information content (AvgIpc) is 3.24. The molecule has 3 heterocycles. The maximum atomic E-state index is 13.7. The average molecular weight is 545 g/mol. The highest BCUT2D eigenvalue weighted by molar-refractivity contribution is 7.92. The minimum atomic E-state index is -3.49. The van der Waals surface area contributed by atoms with Crippen molar-refractivity contribution in [3.8, 4) is 16.8 Å². The SMILES string of the molecule is Cc1cc(NS(C)(=O)=O)cc(-c2c(N)ncnc2N[C@@H](C)c2nn3ccc(C)c3c(=O)n2-c2ccccc2)c1. The summed E-state index contributed by atoms with van der Waals surface area (Å²) < 4.78 is 29.4. The van der Waals surface area contributed by atoms with E-state index in [4.69, 9.17) is 10.8 Å². The molecule has 2 aromatic carbocycles. The van der Waals surface area contributed by atoms with Gasteiger partial charge in [-0.1, -0.05) is 24.3 Å². The summed E-state index contributed by atoms with van der Waals surface area (Å²) >= 11 is 0. The van der Waals surface area contributed by atoms with Crippen molar-refractivity contribution in [1.82, 2.24) is 24.1 Å². The lowest BCUT2D eigenvalue weighted by Crippen LogP contribution is -2.29. The number of anilines is 3. The number of hydrogen-bond donors (Lipinski definition) is 3. The Hall–Kier alpha value is -4.71. The molecular formula is C27H28N8O3S. The van der Waals surface area contributed by atoms with Gasteiger partial charge in [-0.15, -0.1) is 0 Å². The molecule has 0 amide bonds. The van der Waals surface area contributed by atoms with Crippen LogP contribution in [0.3, 0.4) is 0 Å². The van der Waals surface area contributed by atoms with Crippen LogP contribution in [0.25, 0.3) is 22.3 Å². The number of fused-ring (bicyclic) bond motifs is 1. The second-order valence-electron chi connectivity index (χ2n) is 9.44. The molecule has 0 aliphatic carbocycles. The molecule has 0 aliphatic rings.